The van der Waals surface area contributed by atoms with Gasteiger partial charge in [0.15, 0.2) is 5.82 Å². The molecule has 1 unspecified atom stereocenters. The maximum atomic E-state index is 13.4. The summed E-state index contributed by atoms with van der Waals surface area (Å²) in [5.41, 5.74) is 3.47. The Balaban J connectivity index is 1.87. The van der Waals surface area contributed by atoms with E-state index in [1.54, 1.807) is 11.6 Å². The van der Waals surface area contributed by atoms with Gasteiger partial charge in [-0.25, -0.2) is 18.4 Å². The third-order valence-electron chi connectivity index (χ3n) is 4.93. The molecule has 0 radical (unpaired) electrons. The Morgan fingerprint density at radius 1 is 1.24 bits per heavy atom. The first-order chi connectivity index (χ1) is 11.7. The van der Waals surface area contributed by atoms with Gasteiger partial charge in [-0.2, -0.15) is 5.10 Å². The number of aromatic nitrogens is 3. The maximum absolute atomic E-state index is 13.4. The Kier molecular flexibility index (Phi) is 4.91. The Morgan fingerprint density at radius 3 is 2.48 bits per heavy atom. The van der Waals surface area contributed by atoms with Gasteiger partial charge in [0, 0.05) is 24.2 Å². The summed E-state index contributed by atoms with van der Waals surface area (Å²) in [6, 6.07) is 5.69. The van der Waals surface area contributed by atoms with Gasteiger partial charge in [0.25, 0.3) is 0 Å². The number of aliphatic hydroxyl groups is 1. The molecule has 0 saturated heterocycles. The van der Waals surface area contributed by atoms with Crippen molar-refractivity contribution in [2.75, 3.05) is 0 Å². The number of hydrogen-bond acceptors (Lipinski definition) is 3. The van der Waals surface area contributed by atoms with E-state index in [-0.39, 0.29) is 18.8 Å². The van der Waals surface area contributed by atoms with Crippen molar-refractivity contribution in [1.82, 2.24) is 14.8 Å². The molecule has 0 spiro atoms. The number of aryl methyl sites for hydroxylation is 2. The molecule has 0 amide bonds. The zero-order valence-corrected chi connectivity index (χ0v) is 15.0. The van der Waals surface area contributed by atoms with Crippen molar-refractivity contribution in [3.8, 4) is 5.82 Å². The van der Waals surface area contributed by atoms with Crippen molar-refractivity contribution in [3.05, 3.63) is 40.8 Å². The Morgan fingerprint density at radius 2 is 1.92 bits per heavy atom. The number of nitrogens with zero attached hydrogens (tertiary/aromatic N) is 3. The number of pyridine rings is 1. The zero-order valence-electron chi connectivity index (χ0n) is 15.0. The summed E-state index contributed by atoms with van der Waals surface area (Å²) in [5, 5.41) is 14.5. The normalized spacial score (nSPS) is 19.1. The van der Waals surface area contributed by atoms with Crippen LogP contribution in [0, 0.1) is 19.8 Å². The van der Waals surface area contributed by atoms with Gasteiger partial charge in [-0.05, 0) is 69.7 Å². The molecule has 136 valence electrons. The molecule has 2 heterocycles. The summed E-state index contributed by atoms with van der Waals surface area (Å²) in [7, 11) is 0. The lowest BCUT2D eigenvalue weighted by Crippen LogP contribution is -2.25. The summed E-state index contributed by atoms with van der Waals surface area (Å²) in [6.45, 7) is 5.59. The number of halogens is 2. The summed E-state index contributed by atoms with van der Waals surface area (Å²) in [4.78, 5) is 4.69. The highest BCUT2D eigenvalue weighted by Crippen LogP contribution is 2.37. The Labute approximate surface area is 146 Å². The van der Waals surface area contributed by atoms with E-state index in [2.05, 4.69) is 5.10 Å². The molecule has 0 bridgehead atoms. The molecule has 4 nitrogen and oxygen atoms in total. The molecule has 0 aromatic carbocycles. The van der Waals surface area contributed by atoms with E-state index in [1.165, 1.54) is 0 Å². The van der Waals surface area contributed by atoms with Crippen molar-refractivity contribution in [1.29, 1.82) is 0 Å². The molecule has 3 rings (SSSR count). The highest BCUT2D eigenvalue weighted by molar-refractivity contribution is 5.33. The monoisotopic (exact) mass is 349 g/mol. The quantitative estimate of drug-likeness (QED) is 0.895. The largest absolute Gasteiger partial charge is 0.389 e. The Hall–Kier alpha value is -1.82. The van der Waals surface area contributed by atoms with Gasteiger partial charge in [-0.3, -0.25) is 0 Å². The van der Waals surface area contributed by atoms with Gasteiger partial charge in [0.05, 0.1) is 11.8 Å². The molecular formula is C19H25F2N3O. The number of hydrogen-bond donors (Lipinski definition) is 1. The molecule has 0 aliphatic heterocycles. The second kappa shape index (κ2) is 6.83. The minimum absolute atomic E-state index is 0.0436. The van der Waals surface area contributed by atoms with Crippen LogP contribution in [0.4, 0.5) is 8.78 Å². The molecule has 1 aliphatic rings. The van der Waals surface area contributed by atoms with Crippen molar-refractivity contribution >= 4 is 0 Å². The lowest BCUT2D eigenvalue weighted by atomic mass is 9.84. The van der Waals surface area contributed by atoms with E-state index < -0.39 is 12.0 Å². The number of rotatable bonds is 4. The fourth-order valence-electron chi connectivity index (χ4n) is 3.51. The first-order valence-corrected chi connectivity index (χ1v) is 8.84. The molecule has 1 N–H and O–H groups in total. The van der Waals surface area contributed by atoms with E-state index in [0.29, 0.717) is 25.1 Å². The summed E-state index contributed by atoms with van der Waals surface area (Å²) < 4.78 is 28.5. The molecule has 1 atom stereocenters. The van der Waals surface area contributed by atoms with Crippen LogP contribution in [-0.4, -0.2) is 25.8 Å². The van der Waals surface area contributed by atoms with E-state index in [1.807, 2.05) is 32.0 Å². The van der Waals surface area contributed by atoms with Crippen LogP contribution in [0.5, 0.6) is 0 Å². The van der Waals surface area contributed by atoms with Crippen molar-refractivity contribution in [2.45, 2.75) is 64.9 Å². The van der Waals surface area contributed by atoms with Crippen LogP contribution in [-0.2, 0) is 6.42 Å². The summed E-state index contributed by atoms with van der Waals surface area (Å²) in [5.74, 6) is -1.63. The fraction of sp³-hybridized carbons (Fsp3) is 0.579. The first kappa shape index (κ1) is 18.0. The van der Waals surface area contributed by atoms with Gasteiger partial charge in [-0.15, -0.1) is 0 Å². The third kappa shape index (κ3) is 4.24. The molecule has 25 heavy (non-hydrogen) atoms. The predicted molar refractivity (Wildman–Crippen MR) is 92.1 cm³/mol. The van der Waals surface area contributed by atoms with Crippen LogP contribution < -0.4 is 0 Å². The van der Waals surface area contributed by atoms with E-state index >= 15 is 0 Å². The average Bonchev–Trinajstić information content (AvgIpc) is 2.88. The molecule has 2 aromatic rings. The molecular weight excluding hydrogens is 324 g/mol. The number of alkyl halides is 2. The average molecular weight is 349 g/mol. The summed E-state index contributed by atoms with van der Waals surface area (Å²) in [6.07, 6.45) is 0.984. The second-order valence-corrected chi connectivity index (χ2v) is 7.27. The van der Waals surface area contributed by atoms with Crippen molar-refractivity contribution in [3.63, 3.8) is 0 Å². The summed E-state index contributed by atoms with van der Waals surface area (Å²) >= 11 is 0. The van der Waals surface area contributed by atoms with Crippen LogP contribution in [0.3, 0.4) is 0 Å². The third-order valence-corrected chi connectivity index (χ3v) is 4.93. The van der Waals surface area contributed by atoms with Gasteiger partial charge in [0.2, 0.25) is 5.92 Å². The highest BCUT2D eigenvalue weighted by Gasteiger charge is 2.35. The van der Waals surface area contributed by atoms with Gasteiger partial charge >= 0.3 is 0 Å². The predicted octanol–water partition coefficient (Wildman–Crippen LogP) is 4.31. The minimum atomic E-state index is -2.51. The van der Waals surface area contributed by atoms with Crippen molar-refractivity contribution in [2.24, 2.45) is 5.92 Å². The van der Waals surface area contributed by atoms with Gasteiger partial charge < -0.3 is 5.11 Å². The molecule has 2 aromatic heterocycles. The van der Waals surface area contributed by atoms with Crippen LogP contribution in [0.1, 0.15) is 61.4 Å². The second-order valence-electron chi connectivity index (χ2n) is 7.27. The Bertz CT molecular complexity index is 745. The smallest absolute Gasteiger partial charge is 0.248 e. The highest BCUT2D eigenvalue weighted by atomic mass is 19.3. The molecule has 1 saturated carbocycles. The first-order valence-electron chi connectivity index (χ1n) is 8.84. The van der Waals surface area contributed by atoms with Crippen LogP contribution in [0.2, 0.25) is 0 Å². The van der Waals surface area contributed by atoms with Crippen LogP contribution in [0.25, 0.3) is 5.82 Å². The molecule has 6 heteroatoms. The van der Waals surface area contributed by atoms with Crippen LogP contribution >= 0.6 is 0 Å². The zero-order chi connectivity index (χ0) is 18.2. The van der Waals surface area contributed by atoms with Crippen molar-refractivity contribution < 1.29 is 13.9 Å². The maximum Gasteiger partial charge on any atom is 0.248 e. The topological polar surface area (TPSA) is 50.9 Å². The number of aliphatic hydroxyl groups excluding tert-OH is 1. The van der Waals surface area contributed by atoms with E-state index in [9.17, 15) is 13.9 Å². The lowest BCUT2D eigenvalue weighted by Gasteiger charge is -2.28. The molecule has 1 fully saturated rings. The van der Waals surface area contributed by atoms with Gasteiger partial charge in [-0.1, -0.05) is 0 Å². The fourth-order valence-corrected chi connectivity index (χ4v) is 3.51. The van der Waals surface area contributed by atoms with Crippen LogP contribution in [0.15, 0.2) is 18.2 Å². The van der Waals surface area contributed by atoms with E-state index in [4.69, 9.17) is 4.98 Å². The SMILES string of the molecule is Cc1cc(C)n(-c2cc(C(C)O)cc(CC3CCC(F)(F)CC3)n2)n1. The minimum Gasteiger partial charge on any atom is -0.389 e. The van der Waals surface area contributed by atoms with Gasteiger partial charge in [0.1, 0.15) is 0 Å². The standard InChI is InChI=1S/C19H25F2N3O/c1-12-8-13(2)24(23-12)18-11-16(14(3)25)10-17(22-18)9-15-4-6-19(20,21)7-5-15/h8,10-11,14-15,25H,4-7,9H2,1-3H3. The van der Waals surface area contributed by atoms with E-state index in [0.717, 1.165) is 22.6 Å². The lowest BCUT2D eigenvalue weighted by molar-refractivity contribution is -0.0457. The molecule has 1 aliphatic carbocycles.